The van der Waals surface area contributed by atoms with Crippen molar-refractivity contribution in [1.82, 2.24) is 20.3 Å². The van der Waals surface area contributed by atoms with Gasteiger partial charge in [0.15, 0.2) is 0 Å². The molecule has 1 N–H and O–H groups in total. The van der Waals surface area contributed by atoms with E-state index in [1.165, 1.54) is 16.8 Å². The Hall–Kier alpha value is -2.68. The molecule has 10 heteroatoms. The molecular weight excluding hydrogens is 395 g/mol. The Morgan fingerprint density at radius 2 is 2.00 bits per heavy atom. The van der Waals surface area contributed by atoms with Gasteiger partial charge in [-0.1, -0.05) is 22.9 Å². The van der Waals surface area contributed by atoms with Crippen molar-refractivity contribution in [2.75, 3.05) is 7.05 Å². The number of amidine groups is 1. The van der Waals surface area contributed by atoms with Crippen LogP contribution in [-0.2, 0) is 16.5 Å². The van der Waals surface area contributed by atoms with E-state index in [2.05, 4.69) is 20.6 Å². The van der Waals surface area contributed by atoms with Crippen molar-refractivity contribution in [1.29, 1.82) is 0 Å². The molecule has 6 nitrogen and oxygen atoms in total. The second-order valence-corrected chi connectivity index (χ2v) is 6.86. The second-order valence-electron chi connectivity index (χ2n) is 6.45. The number of aliphatic imine (C=N–C) groups is 1. The number of nitrogens with one attached hydrogen (secondary N) is 1. The predicted octanol–water partition coefficient (Wildman–Crippen LogP) is 3.91. The van der Waals surface area contributed by atoms with Crippen LogP contribution in [0.5, 0.6) is 0 Å². The predicted molar refractivity (Wildman–Crippen MR) is 101 cm³/mol. The van der Waals surface area contributed by atoms with Crippen molar-refractivity contribution in [2.24, 2.45) is 4.99 Å². The maximum Gasteiger partial charge on any atom is 0.416 e. The quantitative estimate of drug-likeness (QED) is 0.349. The molecule has 1 heterocycles. The highest BCUT2D eigenvalue weighted by atomic mass is 35.5. The summed E-state index contributed by atoms with van der Waals surface area (Å²) in [6, 6.07) is 3.18. The maximum absolute atomic E-state index is 12.9. The van der Waals surface area contributed by atoms with E-state index >= 15 is 0 Å². The lowest BCUT2D eigenvalue weighted by Gasteiger charge is -2.26. The fourth-order valence-electron chi connectivity index (χ4n) is 2.48. The van der Waals surface area contributed by atoms with Crippen LogP contribution < -0.4 is 5.32 Å². The average Bonchev–Trinajstić information content (AvgIpc) is 3.11. The van der Waals surface area contributed by atoms with Gasteiger partial charge in [0.05, 0.1) is 28.8 Å². The number of nitrogens with zero attached hydrogens (tertiary/aromatic N) is 4. The highest BCUT2D eigenvalue weighted by molar-refractivity contribution is 6.31. The van der Waals surface area contributed by atoms with Gasteiger partial charge in [-0.3, -0.25) is 9.79 Å². The van der Waals surface area contributed by atoms with E-state index in [1.807, 2.05) is 0 Å². The van der Waals surface area contributed by atoms with Gasteiger partial charge in [-0.05, 0) is 38.5 Å². The lowest BCUT2D eigenvalue weighted by molar-refractivity contribution is -0.137. The van der Waals surface area contributed by atoms with Crippen LogP contribution in [0, 0.1) is 0 Å². The van der Waals surface area contributed by atoms with E-state index in [4.69, 9.17) is 11.6 Å². The van der Waals surface area contributed by atoms with Crippen LogP contribution >= 0.6 is 11.6 Å². The molecule has 2 rings (SSSR count). The van der Waals surface area contributed by atoms with E-state index in [9.17, 15) is 18.0 Å². The number of hydrogen-bond donors (Lipinski definition) is 1. The first kappa shape index (κ1) is 21.6. The van der Waals surface area contributed by atoms with Crippen molar-refractivity contribution in [2.45, 2.75) is 32.5 Å². The summed E-state index contributed by atoms with van der Waals surface area (Å²) in [6.45, 7) is 5.21. The zero-order valence-electron chi connectivity index (χ0n) is 15.7. The molecule has 28 heavy (non-hydrogen) atoms. The summed E-state index contributed by atoms with van der Waals surface area (Å²) in [7, 11) is 1.59. The maximum atomic E-state index is 12.9. The van der Waals surface area contributed by atoms with E-state index in [1.54, 1.807) is 34.0 Å². The highest BCUT2D eigenvalue weighted by Gasteiger charge is 2.33. The van der Waals surface area contributed by atoms with Gasteiger partial charge in [0, 0.05) is 18.1 Å². The molecule has 0 aliphatic heterocycles. The molecule has 0 saturated heterocycles. The standard InChI is InChI=1S/C18H19ClF3N5O/c1-11(23-4)24-15(7-8-28)16-10-27(26-25-16)17(2,3)13-6-5-12(9-14(13)19)18(20,21)22/h5-10H,1-4H3,(H,23,24)/b15-7-. The summed E-state index contributed by atoms with van der Waals surface area (Å²) in [5.41, 5.74) is -0.526. The summed E-state index contributed by atoms with van der Waals surface area (Å²) in [6.07, 6.45) is -1.03. The van der Waals surface area contributed by atoms with E-state index in [0.29, 0.717) is 29.1 Å². The lowest BCUT2D eigenvalue weighted by atomic mass is 9.93. The van der Waals surface area contributed by atoms with Gasteiger partial charge in [0.1, 0.15) is 12.0 Å². The molecule has 1 aromatic heterocycles. The van der Waals surface area contributed by atoms with Crippen molar-refractivity contribution in [3.63, 3.8) is 0 Å². The average molecular weight is 414 g/mol. The Morgan fingerprint density at radius 3 is 2.54 bits per heavy atom. The first-order valence-corrected chi connectivity index (χ1v) is 8.54. The third kappa shape index (κ3) is 4.59. The number of rotatable bonds is 5. The van der Waals surface area contributed by atoms with Crippen molar-refractivity contribution in [3.8, 4) is 0 Å². The Labute approximate surface area is 165 Å². The van der Waals surface area contributed by atoms with Crippen LogP contribution in [-0.4, -0.2) is 34.2 Å². The van der Waals surface area contributed by atoms with Crippen molar-refractivity contribution >= 4 is 29.4 Å². The van der Waals surface area contributed by atoms with E-state index in [-0.39, 0.29) is 5.02 Å². The zero-order chi connectivity index (χ0) is 21.1. The molecule has 2 aromatic rings. The Morgan fingerprint density at radius 1 is 1.32 bits per heavy atom. The third-order valence-electron chi connectivity index (χ3n) is 4.18. The van der Waals surface area contributed by atoms with Gasteiger partial charge < -0.3 is 5.32 Å². The summed E-state index contributed by atoms with van der Waals surface area (Å²) >= 11 is 6.13. The normalized spacial score (nSPS) is 13.6. The SMILES string of the molecule is CN=C(C)N/C(=C\C=O)c1cn(C(C)(C)c2ccc(C(F)(F)F)cc2Cl)nn1. The van der Waals surface area contributed by atoms with Gasteiger partial charge in [-0.15, -0.1) is 5.10 Å². The molecule has 0 unspecified atom stereocenters. The molecule has 0 amide bonds. The van der Waals surface area contributed by atoms with Gasteiger partial charge >= 0.3 is 6.18 Å². The summed E-state index contributed by atoms with van der Waals surface area (Å²) in [5.74, 6) is 0.563. The van der Waals surface area contributed by atoms with Gasteiger partial charge in [-0.25, -0.2) is 4.68 Å². The Kier molecular flexibility index (Phi) is 6.28. The number of alkyl halides is 3. The highest BCUT2D eigenvalue weighted by Crippen LogP contribution is 2.36. The van der Waals surface area contributed by atoms with Crippen LogP contribution in [0.15, 0.2) is 35.5 Å². The van der Waals surface area contributed by atoms with E-state index < -0.39 is 17.3 Å². The number of hydrogen-bond acceptors (Lipinski definition) is 4. The smallest absolute Gasteiger partial charge is 0.342 e. The molecule has 0 radical (unpaired) electrons. The van der Waals surface area contributed by atoms with Crippen LogP contribution in [0.4, 0.5) is 13.2 Å². The number of aldehydes is 1. The van der Waals surface area contributed by atoms with Gasteiger partial charge in [0.25, 0.3) is 0 Å². The van der Waals surface area contributed by atoms with Gasteiger partial charge in [0.2, 0.25) is 0 Å². The summed E-state index contributed by atoms with van der Waals surface area (Å²) < 4.78 is 40.1. The minimum Gasteiger partial charge on any atom is -0.342 e. The molecule has 0 aliphatic carbocycles. The number of benzene rings is 1. The molecular formula is C18H19ClF3N5O. The number of halogens is 4. The third-order valence-corrected chi connectivity index (χ3v) is 4.50. The molecule has 0 fully saturated rings. The van der Waals surface area contributed by atoms with Crippen LogP contribution in [0.2, 0.25) is 5.02 Å². The summed E-state index contributed by atoms with van der Waals surface area (Å²) in [4.78, 5) is 14.9. The largest absolute Gasteiger partial charge is 0.416 e. The number of carbonyl (C=O) groups excluding carboxylic acids is 1. The summed E-state index contributed by atoms with van der Waals surface area (Å²) in [5, 5.41) is 11.0. The first-order chi connectivity index (χ1) is 13.0. The molecule has 0 bridgehead atoms. The fraction of sp³-hybridized carbons (Fsp3) is 0.333. The van der Waals surface area contributed by atoms with Crippen LogP contribution in [0.1, 0.15) is 37.6 Å². The second kappa shape index (κ2) is 8.14. The molecule has 0 saturated carbocycles. The topological polar surface area (TPSA) is 72.2 Å². The van der Waals surface area contributed by atoms with Crippen LogP contribution in [0.25, 0.3) is 5.70 Å². The molecule has 0 aliphatic rings. The lowest BCUT2D eigenvalue weighted by Crippen LogP contribution is -2.29. The molecule has 0 spiro atoms. The molecule has 0 atom stereocenters. The Bertz CT molecular complexity index is 932. The number of carbonyl (C=O) groups is 1. The van der Waals surface area contributed by atoms with Crippen molar-refractivity contribution in [3.05, 3.63) is 52.3 Å². The van der Waals surface area contributed by atoms with E-state index in [0.717, 1.165) is 12.1 Å². The fourth-order valence-corrected chi connectivity index (χ4v) is 2.89. The minimum atomic E-state index is -4.48. The minimum absolute atomic E-state index is 0.0346. The number of allylic oxidation sites excluding steroid dienone is 1. The molecule has 150 valence electrons. The molecule has 1 aromatic carbocycles. The number of aromatic nitrogens is 3. The van der Waals surface area contributed by atoms with Gasteiger partial charge in [-0.2, -0.15) is 13.2 Å². The monoisotopic (exact) mass is 413 g/mol. The zero-order valence-corrected chi connectivity index (χ0v) is 16.4. The Balaban J connectivity index is 2.43. The van der Waals surface area contributed by atoms with Crippen molar-refractivity contribution < 1.29 is 18.0 Å². The van der Waals surface area contributed by atoms with Crippen LogP contribution in [0.3, 0.4) is 0 Å². The first-order valence-electron chi connectivity index (χ1n) is 8.17.